The minimum absolute atomic E-state index is 0.0508. The number of amides is 4. The number of nitrogens with two attached hydrogens (primary N) is 1. The van der Waals surface area contributed by atoms with Crippen molar-refractivity contribution in [3.05, 3.63) is 326 Å². The number of rotatable bonds is 32. The molecule has 0 unspecified atom stereocenters. The number of aliphatic hydroxyl groups excluding tert-OH is 1. The second-order valence-corrected chi connectivity index (χ2v) is 37.7. The van der Waals surface area contributed by atoms with Crippen molar-refractivity contribution in [3.8, 4) is 47.4 Å². The van der Waals surface area contributed by atoms with Crippen LogP contribution in [-0.4, -0.2) is 270 Å². The van der Waals surface area contributed by atoms with Crippen LogP contribution in [0, 0.1) is 77.6 Å². The van der Waals surface area contributed by atoms with Gasteiger partial charge in [-0.2, -0.15) is 0 Å². The fraction of sp³-hybridized carbons (Fsp3) is 0.381. The molecule has 0 spiro atoms. The van der Waals surface area contributed by atoms with Crippen LogP contribution >= 0.6 is 0 Å². The average molecular weight is 2040 g/mol. The number of carbonyl (C=O) groups is 4. The lowest BCUT2D eigenvalue weighted by molar-refractivity contribution is -0.00573. The van der Waals surface area contributed by atoms with Crippen LogP contribution in [0.1, 0.15) is 171 Å². The number of carbonyl (C=O) groups excluding carboxylic acids is 4. The van der Waals surface area contributed by atoms with E-state index in [1.807, 2.05) is 139 Å². The lowest BCUT2D eigenvalue weighted by Gasteiger charge is -2.37. The summed E-state index contributed by atoms with van der Waals surface area (Å²) in [5.41, 5.74) is 17.0. The third-order valence-electron chi connectivity index (χ3n) is 25.7. The molecule has 7 aliphatic rings. The topological polar surface area (TPSA) is 307 Å². The van der Waals surface area contributed by atoms with E-state index in [4.69, 9.17) is 34.2 Å². The molecule has 1 saturated carbocycles. The van der Waals surface area contributed by atoms with Gasteiger partial charge in [0.25, 0.3) is 23.6 Å². The number of halogens is 4. The molecule has 10 aromatic rings. The normalized spacial score (nSPS) is 19.1. The summed E-state index contributed by atoms with van der Waals surface area (Å²) in [5, 5.41) is 22.8. The highest BCUT2D eigenvalue weighted by Gasteiger charge is 2.38. The molecular formula is C118H133F4N17O11. The number of ether oxygens (including phenoxy) is 6. The third kappa shape index (κ3) is 34.5. The first-order valence-electron chi connectivity index (χ1n) is 51.4. The van der Waals surface area contributed by atoms with Crippen LogP contribution in [0.2, 0.25) is 0 Å². The Morgan fingerprint density at radius 2 is 0.907 bits per heavy atom. The molecule has 28 nitrogen and oxygen atoms in total. The maximum Gasteiger partial charge on any atom is 0.253 e. The van der Waals surface area contributed by atoms with Gasteiger partial charge in [0.1, 0.15) is 40.7 Å². The molecule has 4 amide bonds. The predicted octanol–water partition coefficient (Wildman–Crippen LogP) is 14.1. The number of aromatic nitrogens is 5. The minimum atomic E-state index is -0.662. The highest BCUT2D eigenvalue weighted by molar-refractivity contribution is 5.97. The number of piperazine rings is 1. The largest absolute Gasteiger partial charge is 0.389 e. The van der Waals surface area contributed by atoms with Gasteiger partial charge >= 0.3 is 0 Å². The summed E-state index contributed by atoms with van der Waals surface area (Å²) < 4.78 is 91.5. The van der Waals surface area contributed by atoms with E-state index in [0.717, 1.165) is 124 Å². The maximum absolute atomic E-state index is 13.4. The first-order valence-corrected chi connectivity index (χ1v) is 51.4. The second-order valence-electron chi connectivity index (χ2n) is 37.7. The van der Waals surface area contributed by atoms with E-state index in [1.54, 1.807) is 91.5 Å². The lowest BCUT2D eigenvalue weighted by Crippen LogP contribution is -2.47. The van der Waals surface area contributed by atoms with Crippen LogP contribution in [0.3, 0.4) is 0 Å². The van der Waals surface area contributed by atoms with Gasteiger partial charge in [-0.3, -0.25) is 34.1 Å². The fourth-order valence-corrected chi connectivity index (χ4v) is 18.3. The molecule has 5 fully saturated rings. The predicted molar refractivity (Wildman–Crippen MR) is 578 cm³/mol. The van der Waals surface area contributed by atoms with Crippen molar-refractivity contribution in [2.75, 3.05) is 171 Å². The van der Waals surface area contributed by atoms with Crippen LogP contribution in [0.15, 0.2) is 240 Å². The molecule has 4 saturated heterocycles. The first-order chi connectivity index (χ1) is 72.8. The summed E-state index contributed by atoms with van der Waals surface area (Å²) >= 11 is 0. The number of nitrogens with zero attached hydrogens (tertiary/aromatic N) is 12. The maximum atomic E-state index is 13.4. The Morgan fingerprint density at radius 1 is 0.467 bits per heavy atom. The quantitative estimate of drug-likeness (QED) is 0.0130. The smallest absolute Gasteiger partial charge is 0.253 e. The molecule has 1 aliphatic carbocycles. The summed E-state index contributed by atoms with van der Waals surface area (Å²) in [5.74, 6) is 25.5. The Bertz CT molecular complexity index is 6560. The summed E-state index contributed by atoms with van der Waals surface area (Å²) in [6, 6.07) is 42.5. The van der Waals surface area contributed by atoms with Gasteiger partial charge in [0.15, 0.2) is 0 Å². The number of hydrogen-bond acceptors (Lipinski definition) is 22. The Kier molecular flexibility index (Phi) is 42.3. The van der Waals surface area contributed by atoms with Gasteiger partial charge in [-0.25, -0.2) is 32.5 Å². The van der Waals surface area contributed by atoms with Crippen molar-refractivity contribution < 1.29 is 70.3 Å². The summed E-state index contributed by atoms with van der Waals surface area (Å²) in [6.45, 7) is 30.3. The van der Waals surface area contributed by atoms with Gasteiger partial charge < -0.3 is 89.3 Å². The molecule has 6 aromatic carbocycles. The number of aryl methyl sites for hydroxylation is 2. The monoisotopic (exact) mass is 2040 g/mol. The zero-order chi connectivity index (χ0) is 105. The van der Waals surface area contributed by atoms with Crippen LogP contribution in [0.4, 0.5) is 40.6 Å². The molecule has 9 atom stereocenters. The lowest BCUT2D eigenvalue weighted by atomic mass is 10.0. The first kappa shape index (κ1) is 111. The number of allylic oxidation sites excluding steroid dienone is 3. The average Bonchev–Trinajstić information content (AvgIpc) is 1.58. The zero-order valence-electron chi connectivity index (χ0n) is 86.1. The Labute approximate surface area is 876 Å². The van der Waals surface area contributed by atoms with E-state index in [1.165, 1.54) is 54.1 Å². The number of anilines is 4. The molecule has 0 bridgehead atoms. The van der Waals surface area contributed by atoms with E-state index in [2.05, 4.69) is 129 Å². The Hall–Kier alpha value is -14.7. The van der Waals surface area contributed by atoms with Crippen molar-refractivity contribution >= 4 is 59.1 Å². The molecule has 0 radical (unpaired) electrons. The molecule has 17 rings (SSSR count). The fourth-order valence-electron chi connectivity index (χ4n) is 18.3. The number of imidazole rings is 1. The van der Waals surface area contributed by atoms with Crippen LogP contribution < -0.4 is 46.6 Å². The number of pyridine rings is 2. The van der Waals surface area contributed by atoms with Crippen molar-refractivity contribution in [2.45, 2.75) is 142 Å². The van der Waals surface area contributed by atoms with Gasteiger partial charge in [0.2, 0.25) is 0 Å². The van der Waals surface area contributed by atoms with E-state index in [-0.39, 0.29) is 95.6 Å². The Morgan fingerprint density at radius 3 is 1.38 bits per heavy atom. The SMILES string of the molecule is C[C@@H]1CN(c2ccc(C(=O)N[C@@H]3CC[C@@H](n4cccc4)[C@@H]3O)cc2C#Cc2ccc(F)cc2)C[C@H](C)O1.C[C@@H]1CN(c2ncc(C(=O)NC/C=C/C3=CCN=C3)cc2C#Cc2ccc(F)cc2)C[C@H](C)O1.C[C@@H]1CN(c2ncc(C(=O)NCCCC3=CCN=C3)cc2C#Cc2ccc(F)cc2)C[C@H](C)O1.Cc1nccn1CCCNC(=O)c1ccc(N2CCN(CCOCCOCCOCCN)CC2)c(C#Cc2ccc(F)cc2)c1. The van der Waals surface area contributed by atoms with Crippen molar-refractivity contribution in [2.24, 2.45) is 15.7 Å². The summed E-state index contributed by atoms with van der Waals surface area (Å²) in [7, 11) is 0. The molecule has 32 heteroatoms. The molecule has 6 aliphatic heterocycles. The number of aliphatic hydroxyl groups is 1. The highest BCUT2D eigenvalue weighted by Crippen LogP contribution is 2.34. The minimum Gasteiger partial charge on any atom is -0.389 e. The molecule has 4 aromatic heterocycles. The number of benzene rings is 6. The molecule has 150 heavy (non-hydrogen) atoms. The highest BCUT2D eigenvalue weighted by atomic mass is 19.1. The van der Waals surface area contributed by atoms with Crippen LogP contribution in [0.25, 0.3) is 0 Å². The van der Waals surface area contributed by atoms with E-state index in [0.29, 0.717) is 166 Å². The van der Waals surface area contributed by atoms with Gasteiger partial charge in [0, 0.05) is 199 Å². The number of aliphatic imine (C=N–C) groups is 2. The number of nitrogens with one attached hydrogen (secondary N) is 4. The number of morpholine rings is 3. The molecular weight excluding hydrogens is 1910 g/mol. The van der Waals surface area contributed by atoms with E-state index >= 15 is 0 Å². The second kappa shape index (κ2) is 57.2. The van der Waals surface area contributed by atoms with Crippen molar-refractivity contribution in [3.63, 3.8) is 0 Å². The Balaban J connectivity index is 0.000000158. The zero-order valence-corrected chi connectivity index (χ0v) is 86.1. The van der Waals surface area contributed by atoms with Crippen LogP contribution in [-0.2, 0) is 35.0 Å². The summed E-state index contributed by atoms with van der Waals surface area (Å²) in [4.78, 5) is 84.8. The molecule has 7 N–H and O–H groups in total. The van der Waals surface area contributed by atoms with Gasteiger partial charge in [-0.05, 0) is 249 Å². The third-order valence-corrected chi connectivity index (χ3v) is 25.7. The van der Waals surface area contributed by atoms with Gasteiger partial charge in [-0.15, -0.1) is 0 Å². The standard InChI is InChI=1S/C34H45FN6O4.C30H32FN3O3.C27H29FN4O2.C27H27FN4O2/c1-28-37-13-15-40(28)14-2-12-38-34(42)31-7-10-33(30(27-31)6-3-29-4-8-32(35)9-5-29)41-18-16-39(17-19-41)20-22-44-24-26-45-25-23-43-21-11-36;1-20-18-34(19-21(2)37-20)27-13-9-24(17-23(27)8-5-22-6-10-25(31)11-7-22)30(36)32-26-12-14-28(29(26)35)33-15-3-4-16-33;2*1-19-17-32(18-20(2)34-19)26-23(8-5-21-6-9-25(28)10-7-21)14-24(16-31-26)27(33)30-12-3-4-22-11-13-29-15-22/h4-5,7-10,13,15,27H,2,11-12,14,16-26,36H2,1H3,(H,38,42);3-4,6-7,9-11,13,15-17,20-21,26,28-29,35H,12,14,18-19H2,1-2H3,(H,32,36);6-7,9-11,14-16,19-20H,3-4,12-13,17-18H2,1-2H3,(H,30,33);3-4,6-7,9-11,14-16,19-20H,12-13,17-18H2,1-2H3,(H,30,33)/b;;;4-3+/t;20-,21+,26-,28-,29-;2*19-,20+/m.1../s1. The van der Waals surface area contributed by atoms with Gasteiger partial charge in [0.05, 0.1) is 141 Å². The van der Waals surface area contributed by atoms with Crippen LogP contribution in [0.5, 0.6) is 0 Å². The summed E-state index contributed by atoms with van der Waals surface area (Å²) in [6.07, 6.45) is 26.1. The van der Waals surface area contributed by atoms with E-state index < -0.39 is 6.10 Å². The molecule has 10 heterocycles. The number of hydrogen-bond donors (Lipinski definition) is 6. The van der Waals surface area contributed by atoms with E-state index in [9.17, 15) is 41.8 Å². The van der Waals surface area contributed by atoms with Crippen molar-refractivity contribution in [1.29, 1.82) is 0 Å². The molecule has 784 valence electrons. The van der Waals surface area contributed by atoms with Gasteiger partial charge in [-0.1, -0.05) is 71.7 Å². The van der Waals surface area contributed by atoms with Crippen molar-refractivity contribution in [1.82, 2.24) is 50.3 Å².